The second kappa shape index (κ2) is 7.10. The Balaban J connectivity index is 1.62. The van der Waals surface area contributed by atoms with E-state index >= 15 is 0 Å². The van der Waals surface area contributed by atoms with Crippen LogP contribution < -0.4 is 15.8 Å². The van der Waals surface area contributed by atoms with Gasteiger partial charge in [-0.2, -0.15) is 0 Å². The first-order valence-electron chi connectivity index (χ1n) is 7.00. The van der Waals surface area contributed by atoms with Gasteiger partial charge in [0.1, 0.15) is 28.7 Å². The van der Waals surface area contributed by atoms with Crippen molar-refractivity contribution in [1.82, 2.24) is 15.0 Å². The molecule has 0 unspecified atom stereocenters. The number of rotatable bonds is 5. The molecule has 0 bridgehead atoms. The summed E-state index contributed by atoms with van der Waals surface area (Å²) in [6.45, 7) is 0.458. The third kappa shape index (κ3) is 3.88. The van der Waals surface area contributed by atoms with Crippen molar-refractivity contribution in [3.05, 3.63) is 65.3 Å². The lowest BCUT2D eigenvalue weighted by Crippen LogP contribution is -2.04. The second-order valence-electron chi connectivity index (χ2n) is 4.84. The van der Waals surface area contributed by atoms with Gasteiger partial charge in [-0.3, -0.25) is 0 Å². The maximum Gasteiger partial charge on any atom is 0.219 e. The number of benzene rings is 1. The predicted octanol–water partition coefficient (Wildman–Crippen LogP) is 3.65. The molecule has 0 radical (unpaired) electrons. The summed E-state index contributed by atoms with van der Waals surface area (Å²) in [5, 5.41) is 3.34. The predicted molar refractivity (Wildman–Crippen MR) is 89.5 cm³/mol. The number of aromatic nitrogens is 3. The quantitative estimate of drug-likeness (QED) is 0.734. The monoisotopic (exact) mass is 345 g/mol. The highest BCUT2D eigenvalue weighted by molar-refractivity contribution is 6.35. The number of nitrogen functional groups attached to an aromatic ring is 1. The van der Waals surface area contributed by atoms with E-state index in [4.69, 9.17) is 22.1 Å². The molecule has 0 fully saturated rings. The van der Waals surface area contributed by atoms with Gasteiger partial charge >= 0.3 is 0 Å². The number of pyridine rings is 1. The Hall–Kier alpha value is -2.93. The fraction of sp³-hybridized carbons (Fsp3) is 0.0625. The maximum atomic E-state index is 12.9. The van der Waals surface area contributed by atoms with Gasteiger partial charge in [0.2, 0.25) is 5.88 Å². The van der Waals surface area contributed by atoms with E-state index in [0.29, 0.717) is 24.0 Å². The van der Waals surface area contributed by atoms with Crippen LogP contribution in [0.15, 0.2) is 48.9 Å². The summed E-state index contributed by atoms with van der Waals surface area (Å²) in [6.07, 6.45) is 2.99. The van der Waals surface area contributed by atoms with E-state index in [1.807, 2.05) is 6.07 Å². The Morgan fingerprint density at radius 2 is 1.88 bits per heavy atom. The lowest BCUT2D eigenvalue weighted by Gasteiger charge is -2.09. The lowest BCUT2D eigenvalue weighted by molar-refractivity contribution is 0.461. The summed E-state index contributed by atoms with van der Waals surface area (Å²) >= 11 is 6.01. The van der Waals surface area contributed by atoms with E-state index < -0.39 is 0 Å². The van der Waals surface area contributed by atoms with Gasteiger partial charge in [0.25, 0.3) is 0 Å². The number of nitrogens with zero attached hydrogens (tertiary/aromatic N) is 3. The van der Waals surface area contributed by atoms with E-state index in [1.165, 1.54) is 30.6 Å². The van der Waals surface area contributed by atoms with Crippen LogP contribution in [-0.4, -0.2) is 15.0 Å². The highest BCUT2D eigenvalue weighted by atomic mass is 35.5. The number of halogens is 2. The van der Waals surface area contributed by atoms with E-state index in [9.17, 15) is 4.39 Å². The van der Waals surface area contributed by atoms with E-state index in [1.54, 1.807) is 12.3 Å². The zero-order chi connectivity index (χ0) is 16.9. The summed E-state index contributed by atoms with van der Waals surface area (Å²) in [6, 6.07) is 9.28. The van der Waals surface area contributed by atoms with Crippen LogP contribution in [0.25, 0.3) is 0 Å². The smallest absolute Gasteiger partial charge is 0.219 e. The summed E-state index contributed by atoms with van der Waals surface area (Å²) in [7, 11) is 0. The minimum atomic E-state index is -0.319. The lowest BCUT2D eigenvalue weighted by atomic mass is 10.3. The summed E-state index contributed by atoms with van der Waals surface area (Å²) in [5.41, 5.74) is 6.51. The summed E-state index contributed by atoms with van der Waals surface area (Å²) in [4.78, 5) is 12.0. The van der Waals surface area contributed by atoms with Crippen molar-refractivity contribution in [2.75, 3.05) is 11.1 Å². The van der Waals surface area contributed by atoms with Gasteiger partial charge < -0.3 is 15.8 Å². The maximum absolute atomic E-state index is 12.9. The standard InChI is InChI=1S/C16H13ClFN5O/c17-14-15(19)22-9-23-16(14)21-8-10-1-6-13(20-7-10)24-12-4-2-11(18)3-5-12/h1-7,9H,8H2,(H3,19,21,22,23). The van der Waals surface area contributed by atoms with Crippen molar-refractivity contribution in [3.8, 4) is 11.6 Å². The van der Waals surface area contributed by atoms with E-state index in [-0.39, 0.29) is 16.7 Å². The van der Waals surface area contributed by atoms with Crippen molar-refractivity contribution in [2.24, 2.45) is 0 Å². The van der Waals surface area contributed by atoms with Gasteiger partial charge in [-0.15, -0.1) is 0 Å². The molecular weight excluding hydrogens is 333 g/mol. The highest BCUT2D eigenvalue weighted by Gasteiger charge is 2.06. The van der Waals surface area contributed by atoms with E-state index in [2.05, 4.69) is 20.3 Å². The summed E-state index contributed by atoms with van der Waals surface area (Å²) < 4.78 is 18.4. The topological polar surface area (TPSA) is 86.0 Å². The van der Waals surface area contributed by atoms with Gasteiger partial charge in [0.05, 0.1) is 0 Å². The molecule has 1 aromatic carbocycles. The molecule has 2 heterocycles. The molecule has 3 rings (SSSR count). The number of ether oxygens (including phenoxy) is 1. The van der Waals surface area contributed by atoms with Crippen molar-refractivity contribution in [3.63, 3.8) is 0 Å². The fourth-order valence-electron chi connectivity index (χ4n) is 1.89. The van der Waals surface area contributed by atoms with Gasteiger partial charge in [-0.25, -0.2) is 19.3 Å². The van der Waals surface area contributed by atoms with Crippen LogP contribution in [-0.2, 0) is 6.54 Å². The second-order valence-corrected chi connectivity index (χ2v) is 5.21. The molecule has 0 amide bonds. The third-order valence-electron chi connectivity index (χ3n) is 3.11. The normalized spacial score (nSPS) is 10.4. The van der Waals surface area contributed by atoms with Crippen LogP contribution in [0.1, 0.15) is 5.56 Å². The molecular formula is C16H13ClFN5O. The first-order valence-corrected chi connectivity index (χ1v) is 7.38. The Morgan fingerprint density at radius 3 is 2.58 bits per heavy atom. The van der Waals surface area contributed by atoms with Crippen molar-refractivity contribution >= 4 is 23.2 Å². The third-order valence-corrected chi connectivity index (χ3v) is 3.48. The molecule has 24 heavy (non-hydrogen) atoms. The molecule has 0 spiro atoms. The van der Waals surface area contributed by atoms with Crippen LogP contribution in [0.3, 0.4) is 0 Å². The number of anilines is 2. The van der Waals surface area contributed by atoms with Crippen molar-refractivity contribution < 1.29 is 9.13 Å². The Bertz CT molecular complexity index is 827. The number of nitrogens with two attached hydrogens (primary N) is 1. The van der Waals surface area contributed by atoms with Gasteiger partial charge in [0, 0.05) is 18.8 Å². The molecule has 6 nitrogen and oxygen atoms in total. The van der Waals surface area contributed by atoms with Gasteiger partial charge in [0.15, 0.2) is 5.82 Å². The molecule has 0 saturated heterocycles. The number of hydrogen-bond acceptors (Lipinski definition) is 6. The molecule has 2 aromatic heterocycles. The molecule has 0 atom stereocenters. The Morgan fingerprint density at radius 1 is 1.08 bits per heavy atom. The van der Waals surface area contributed by atoms with Crippen LogP contribution in [0.5, 0.6) is 11.6 Å². The van der Waals surface area contributed by atoms with Gasteiger partial charge in [-0.05, 0) is 29.8 Å². The minimum Gasteiger partial charge on any atom is -0.439 e. The van der Waals surface area contributed by atoms with Gasteiger partial charge in [-0.1, -0.05) is 17.7 Å². The molecule has 8 heteroatoms. The van der Waals surface area contributed by atoms with Crippen LogP contribution >= 0.6 is 11.6 Å². The molecule has 3 N–H and O–H groups in total. The Kier molecular flexibility index (Phi) is 4.72. The van der Waals surface area contributed by atoms with Crippen molar-refractivity contribution in [2.45, 2.75) is 6.54 Å². The number of nitrogens with one attached hydrogen (secondary N) is 1. The van der Waals surface area contributed by atoms with E-state index in [0.717, 1.165) is 5.56 Å². The average Bonchev–Trinajstić information content (AvgIpc) is 2.59. The molecule has 0 saturated carbocycles. The van der Waals surface area contributed by atoms with Crippen LogP contribution in [0, 0.1) is 5.82 Å². The van der Waals surface area contributed by atoms with Crippen LogP contribution in [0.4, 0.5) is 16.0 Å². The minimum absolute atomic E-state index is 0.218. The first kappa shape index (κ1) is 15.9. The molecule has 0 aliphatic heterocycles. The Labute approximate surface area is 142 Å². The summed E-state index contributed by atoms with van der Waals surface area (Å²) in [5.74, 6) is 1.28. The molecule has 0 aliphatic carbocycles. The highest BCUT2D eigenvalue weighted by Crippen LogP contribution is 2.24. The largest absolute Gasteiger partial charge is 0.439 e. The average molecular weight is 346 g/mol. The zero-order valence-corrected chi connectivity index (χ0v) is 13.2. The SMILES string of the molecule is Nc1ncnc(NCc2ccc(Oc3ccc(F)cc3)nc2)c1Cl. The molecule has 3 aromatic rings. The molecule has 0 aliphatic rings. The van der Waals surface area contributed by atoms with Crippen LogP contribution in [0.2, 0.25) is 5.02 Å². The number of hydrogen-bond donors (Lipinski definition) is 2. The zero-order valence-electron chi connectivity index (χ0n) is 12.4. The fourth-order valence-corrected chi connectivity index (χ4v) is 2.06. The molecule has 122 valence electrons. The first-order chi connectivity index (χ1) is 11.6. The van der Waals surface area contributed by atoms with Crippen molar-refractivity contribution in [1.29, 1.82) is 0 Å².